The Bertz CT molecular complexity index is 1050. The summed E-state index contributed by atoms with van der Waals surface area (Å²) in [7, 11) is 0. The van der Waals surface area contributed by atoms with Crippen LogP contribution in [-0.2, 0) is 20.9 Å². The van der Waals surface area contributed by atoms with E-state index in [4.69, 9.17) is 17.3 Å². The molecule has 3 amide bonds. The van der Waals surface area contributed by atoms with Gasteiger partial charge >= 0.3 is 0 Å². The molecule has 1 saturated heterocycles. The molecular weight excluding hydrogens is 430 g/mol. The summed E-state index contributed by atoms with van der Waals surface area (Å²) in [6.07, 6.45) is 1.15. The highest BCUT2D eigenvalue weighted by Gasteiger charge is 2.42. The van der Waals surface area contributed by atoms with Crippen molar-refractivity contribution in [3.05, 3.63) is 70.9 Å². The van der Waals surface area contributed by atoms with Gasteiger partial charge in [-0.1, -0.05) is 30.3 Å². The average molecular weight is 449 g/mol. The molecule has 31 heavy (non-hydrogen) atoms. The molecule has 2 heterocycles. The molecule has 0 aliphatic carbocycles. The van der Waals surface area contributed by atoms with Crippen molar-refractivity contribution in [2.75, 3.05) is 11.4 Å². The maximum atomic E-state index is 14.4. The van der Waals surface area contributed by atoms with E-state index in [9.17, 15) is 23.2 Å². The van der Waals surface area contributed by atoms with Crippen LogP contribution in [0.2, 0.25) is 5.02 Å². The van der Waals surface area contributed by atoms with Crippen LogP contribution in [0.4, 0.5) is 14.6 Å². The lowest BCUT2D eigenvalue weighted by Gasteiger charge is -2.40. The van der Waals surface area contributed by atoms with Crippen LogP contribution in [-0.4, -0.2) is 40.2 Å². The average Bonchev–Trinajstić information content (AvgIpc) is 2.71. The van der Waals surface area contributed by atoms with Crippen molar-refractivity contribution in [2.24, 2.45) is 5.73 Å². The highest BCUT2D eigenvalue weighted by molar-refractivity contribution is 6.30. The zero-order valence-corrected chi connectivity index (χ0v) is 17.1. The molecule has 1 aromatic carbocycles. The second-order valence-electron chi connectivity index (χ2n) is 7.06. The van der Waals surface area contributed by atoms with Gasteiger partial charge in [-0.3, -0.25) is 19.3 Å². The third-order valence-electron chi connectivity index (χ3n) is 4.81. The molecule has 0 spiro atoms. The molecule has 2 N–H and O–H groups in total. The molecule has 3 rings (SSSR count). The topological polar surface area (TPSA) is 96.6 Å². The maximum absolute atomic E-state index is 14.4. The number of benzene rings is 1. The first kappa shape index (κ1) is 22.4. The van der Waals surface area contributed by atoms with E-state index in [0.717, 1.165) is 11.0 Å². The zero-order valence-electron chi connectivity index (χ0n) is 16.4. The largest absolute Gasteiger partial charge is 0.370 e. The summed E-state index contributed by atoms with van der Waals surface area (Å²) in [5.41, 5.74) is 6.04. The number of pyridine rings is 1. The molecule has 10 heteroatoms. The van der Waals surface area contributed by atoms with Gasteiger partial charge in [0, 0.05) is 19.2 Å². The van der Waals surface area contributed by atoms with Crippen LogP contribution in [0.5, 0.6) is 0 Å². The Morgan fingerprint density at radius 2 is 1.90 bits per heavy atom. The Hall–Kier alpha value is -3.33. The molecule has 7 nitrogen and oxygen atoms in total. The minimum absolute atomic E-state index is 0.00448. The number of halogens is 3. The number of nitrogens with two attached hydrogens (primary N) is 1. The van der Waals surface area contributed by atoms with Crippen molar-refractivity contribution in [1.29, 1.82) is 0 Å². The van der Waals surface area contributed by atoms with E-state index in [1.807, 2.05) is 0 Å². The van der Waals surface area contributed by atoms with Crippen LogP contribution in [0.1, 0.15) is 18.4 Å². The van der Waals surface area contributed by atoms with Crippen LogP contribution in [0.3, 0.4) is 0 Å². The van der Waals surface area contributed by atoms with E-state index in [2.05, 4.69) is 11.6 Å². The van der Waals surface area contributed by atoms with Crippen LogP contribution >= 0.6 is 11.6 Å². The summed E-state index contributed by atoms with van der Waals surface area (Å²) >= 11 is 5.73. The summed E-state index contributed by atoms with van der Waals surface area (Å²) in [6.45, 7) is 3.40. The van der Waals surface area contributed by atoms with Gasteiger partial charge < -0.3 is 10.6 Å². The number of amides is 3. The van der Waals surface area contributed by atoms with Crippen molar-refractivity contribution < 1.29 is 23.2 Å². The number of anilines is 1. The zero-order chi connectivity index (χ0) is 22.7. The SMILES string of the molecule is C=C(CCC(N)=O)[C@@H]1C(=O)N(c2ncc(Cl)cc2F)CC(=O)N1Cc1ccc(F)cc1. The lowest BCUT2D eigenvalue weighted by atomic mass is 9.97. The predicted molar refractivity (Wildman–Crippen MR) is 110 cm³/mol. The van der Waals surface area contributed by atoms with Gasteiger partial charge in [-0.05, 0) is 35.8 Å². The number of hydrogen-bond donors (Lipinski definition) is 1. The fourth-order valence-electron chi connectivity index (χ4n) is 3.30. The monoisotopic (exact) mass is 448 g/mol. The Morgan fingerprint density at radius 3 is 2.52 bits per heavy atom. The van der Waals surface area contributed by atoms with Gasteiger partial charge in [0.05, 0.1) is 5.02 Å². The molecule has 1 aliphatic heterocycles. The molecule has 0 unspecified atom stereocenters. The molecular formula is C21H19ClF2N4O3. The third kappa shape index (κ3) is 5.05. The first-order valence-electron chi connectivity index (χ1n) is 9.29. The molecule has 1 atom stereocenters. The molecule has 0 radical (unpaired) electrons. The van der Waals surface area contributed by atoms with Gasteiger partial charge in [0.2, 0.25) is 11.8 Å². The van der Waals surface area contributed by atoms with E-state index < -0.39 is 41.9 Å². The summed E-state index contributed by atoms with van der Waals surface area (Å²) in [5, 5.41) is 0.0392. The normalized spacial score (nSPS) is 16.5. The van der Waals surface area contributed by atoms with E-state index in [1.165, 1.54) is 35.4 Å². The van der Waals surface area contributed by atoms with Gasteiger partial charge in [-0.15, -0.1) is 0 Å². The van der Waals surface area contributed by atoms with Crippen molar-refractivity contribution in [2.45, 2.75) is 25.4 Å². The Kier molecular flexibility index (Phi) is 6.65. The number of primary amides is 1. The van der Waals surface area contributed by atoms with Crippen LogP contribution in [0.25, 0.3) is 0 Å². The van der Waals surface area contributed by atoms with Gasteiger partial charge in [0.15, 0.2) is 11.6 Å². The number of nitrogens with zero attached hydrogens (tertiary/aromatic N) is 3. The van der Waals surface area contributed by atoms with Gasteiger partial charge in [-0.25, -0.2) is 13.8 Å². The summed E-state index contributed by atoms with van der Waals surface area (Å²) < 4.78 is 27.7. The molecule has 1 fully saturated rings. The number of carbonyl (C=O) groups is 3. The van der Waals surface area contributed by atoms with Gasteiger partial charge in [0.25, 0.3) is 5.91 Å². The molecule has 0 saturated carbocycles. The quantitative estimate of drug-likeness (QED) is 0.658. The number of hydrogen-bond acceptors (Lipinski definition) is 4. The van der Waals surface area contributed by atoms with Crippen molar-refractivity contribution in [3.63, 3.8) is 0 Å². The minimum atomic E-state index is -1.18. The number of aromatic nitrogens is 1. The van der Waals surface area contributed by atoms with Gasteiger partial charge in [-0.2, -0.15) is 0 Å². The fraction of sp³-hybridized carbons (Fsp3) is 0.238. The molecule has 1 aromatic heterocycles. The standard InChI is InChI=1S/C21H19ClF2N4O3/c1-12(2-7-17(25)29)19-21(31)28(20-16(24)8-14(22)9-26-20)11-18(30)27(19)10-13-3-5-15(23)6-4-13/h3-6,8-9,19H,1-2,7,10-11H2,(H2,25,29)/t19-/m1/s1. The highest BCUT2D eigenvalue weighted by Crippen LogP contribution is 2.28. The first-order valence-corrected chi connectivity index (χ1v) is 9.67. The Balaban J connectivity index is 1.95. The number of carbonyl (C=O) groups excluding carboxylic acids is 3. The van der Waals surface area contributed by atoms with Crippen LogP contribution < -0.4 is 10.6 Å². The minimum Gasteiger partial charge on any atom is -0.370 e. The number of rotatable bonds is 7. The summed E-state index contributed by atoms with van der Waals surface area (Å²) in [5.74, 6) is -3.36. The fourth-order valence-corrected chi connectivity index (χ4v) is 3.44. The molecule has 1 aliphatic rings. The van der Waals surface area contributed by atoms with E-state index >= 15 is 0 Å². The second-order valence-corrected chi connectivity index (χ2v) is 7.49. The van der Waals surface area contributed by atoms with E-state index in [1.54, 1.807) is 0 Å². The van der Waals surface area contributed by atoms with Crippen molar-refractivity contribution >= 4 is 35.1 Å². The van der Waals surface area contributed by atoms with E-state index in [-0.39, 0.29) is 35.8 Å². The predicted octanol–water partition coefficient (Wildman–Crippen LogP) is 2.58. The van der Waals surface area contributed by atoms with Crippen LogP contribution in [0, 0.1) is 11.6 Å². The van der Waals surface area contributed by atoms with Gasteiger partial charge in [0.1, 0.15) is 18.4 Å². The molecule has 0 bridgehead atoms. The summed E-state index contributed by atoms with van der Waals surface area (Å²) in [6, 6.07) is 5.27. The van der Waals surface area contributed by atoms with Crippen molar-refractivity contribution in [3.8, 4) is 0 Å². The Morgan fingerprint density at radius 1 is 1.23 bits per heavy atom. The first-order chi connectivity index (χ1) is 14.7. The van der Waals surface area contributed by atoms with Crippen LogP contribution in [0.15, 0.2) is 48.7 Å². The molecule has 2 aromatic rings. The van der Waals surface area contributed by atoms with Crippen molar-refractivity contribution in [1.82, 2.24) is 9.88 Å². The van der Waals surface area contributed by atoms with E-state index in [0.29, 0.717) is 5.56 Å². The maximum Gasteiger partial charge on any atom is 0.255 e. The lowest BCUT2D eigenvalue weighted by molar-refractivity contribution is -0.142. The lowest BCUT2D eigenvalue weighted by Crippen LogP contribution is -2.60. The summed E-state index contributed by atoms with van der Waals surface area (Å²) in [4.78, 5) is 43.5. The second kappa shape index (κ2) is 9.22. The smallest absolute Gasteiger partial charge is 0.255 e. The molecule has 162 valence electrons. The highest BCUT2D eigenvalue weighted by atomic mass is 35.5. The Labute approximate surface area is 182 Å². The number of piperazine rings is 1. The third-order valence-corrected chi connectivity index (χ3v) is 5.02.